The number of carboxylic acid groups (broad SMARTS) is 1. The molecule has 0 fully saturated rings. The summed E-state index contributed by atoms with van der Waals surface area (Å²) < 4.78 is 0.449. The Balaban J connectivity index is 3.32. The molecule has 0 bridgehead atoms. The number of hydrogen-bond acceptors (Lipinski definition) is 2. The highest BCUT2D eigenvalue weighted by molar-refractivity contribution is 5.75. The van der Waals surface area contributed by atoms with Gasteiger partial charge in [-0.05, 0) is 6.42 Å². The molecule has 1 amide bonds. The Bertz CT molecular complexity index is 411. The van der Waals surface area contributed by atoms with E-state index in [0.717, 1.165) is 25.8 Å². The number of likely N-dealkylation sites (N-methyl/N-ethyl adjacent to an activating group) is 1. The van der Waals surface area contributed by atoms with Crippen LogP contribution in [0.1, 0.15) is 110 Å². The van der Waals surface area contributed by atoms with Gasteiger partial charge in [-0.15, -0.1) is 0 Å². The number of unbranched alkanes of at least 4 members (excludes halogenated alkanes) is 13. The largest absolute Gasteiger partial charge is 0.477 e. The Hall–Kier alpha value is -1.10. The lowest BCUT2D eigenvalue weighted by Crippen LogP contribution is -2.45. The number of carbonyl (C=O) groups excluding carboxylic acids is 1. The molecular formula is C24H49N2O3+. The van der Waals surface area contributed by atoms with E-state index in [2.05, 4.69) is 12.2 Å². The molecule has 172 valence electrons. The molecule has 0 saturated heterocycles. The number of quaternary nitrogens is 1. The molecule has 0 heterocycles. The number of aliphatic carboxylic acids is 1. The van der Waals surface area contributed by atoms with E-state index < -0.39 is 5.97 Å². The summed E-state index contributed by atoms with van der Waals surface area (Å²) in [4.78, 5) is 22.6. The van der Waals surface area contributed by atoms with Crippen LogP contribution in [0.3, 0.4) is 0 Å². The number of rotatable bonds is 21. The number of nitrogens with zero attached hydrogens (tertiary/aromatic N) is 1. The topological polar surface area (TPSA) is 66.4 Å². The van der Waals surface area contributed by atoms with Gasteiger partial charge < -0.3 is 14.9 Å². The van der Waals surface area contributed by atoms with E-state index in [1.54, 1.807) is 0 Å². The fraction of sp³-hybridized carbons (Fsp3) is 0.917. The maximum Gasteiger partial charge on any atom is 0.359 e. The Morgan fingerprint density at radius 1 is 0.724 bits per heavy atom. The van der Waals surface area contributed by atoms with Crippen LogP contribution in [0, 0.1) is 0 Å². The van der Waals surface area contributed by atoms with Crippen molar-refractivity contribution in [1.29, 1.82) is 0 Å². The van der Waals surface area contributed by atoms with E-state index in [1.807, 2.05) is 14.1 Å². The van der Waals surface area contributed by atoms with Crippen molar-refractivity contribution in [2.45, 2.75) is 110 Å². The lowest BCUT2D eigenvalue weighted by molar-refractivity contribution is -0.883. The highest BCUT2D eigenvalue weighted by Gasteiger charge is 2.18. The average molecular weight is 414 g/mol. The van der Waals surface area contributed by atoms with Crippen LogP contribution in [-0.2, 0) is 9.59 Å². The summed E-state index contributed by atoms with van der Waals surface area (Å²) in [5, 5.41) is 11.8. The highest BCUT2D eigenvalue weighted by atomic mass is 16.4. The van der Waals surface area contributed by atoms with E-state index in [1.165, 1.54) is 77.0 Å². The number of hydrogen-bond donors (Lipinski definition) is 2. The molecule has 0 aromatic rings. The van der Waals surface area contributed by atoms with Crippen molar-refractivity contribution >= 4 is 11.9 Å². The van der Waals surface area contributed by atoms with Crippen LogP contribution in [0.2, 0.25) is 0 Å². The van der Waals surface area contributed by atoms with Gasteiger partial charge in [0.2, 0.25) is 5.91 Å². The van der Waals surface area contributed by atoms with Gasteiger partial charge in [0.25, 0.3) is 0 Å². The van der Waals surface area contributed by atoms with Crippen LogP contribution in [0.15, 0.2) is 0 Å². The maximum atomic E-state index is 11.9. The van der Waals surface area contributed by atoms with Gasteiger partial charge in [0.05, 0.1) is 20.6 Å². The molecule has 0 atom stereocenters. The monoisotopic (exact) mass is 413 g/mol. The summed E-state index contributed by atoms with van der Waals surface area (Å²) in [5.41, 5.74) is 0. The third-order valence-corrected chi connectivity index (χ3v) is 5.58. The van der Waals surface area contributed by atoms with Gasteiger partial charge in [-0.1, -0.05) is 90.4 Å². The smallest absolute Gasteiger partial charge is 0.359 e. The number of amides is 1. The van der Waals surface area contributed by atoms with Crippen LogP contribution in [0.5, 0.6) is 0 Å². The van der Waals surface area contributed by atoms with Crippen molar-refractivity contribution in [3.05, 3.63) is 0 Å². The molecule has 0 radical (unpaired) electrons. The molecule has 0 saturated carbocycles. The molecule has 0 aromatic carbocycles. The molecule has 0 spiro atoms. The molecule has 5 nitrogen and oxygen atoms in total. The molecule has 0 aliphatic heterocycles. The Kier molecular flexibility index (Phi) is 18.2. The Morgan fingerprint density at radius 2 is 1.17 bits per heavy atom. The first-order valence-corrected chi connectivity index (χ1v) is 12.2. The van der Waals surface area contributed by atoms with Crippen LogP contribution in [-0.4, -0.2) is 55.2 Å². The van der Waals surface area contributed by atoms with Gasteiger partial charge in [0.15, 0.2) is 6.54 Å². The fourth-order valence-electron chi connectivity index (χ4n) is 3.75. The van der Waals surface area contributed by atoms with E-state index in [0.29, 0.717) is 17.4 Å². The summed E-state index contributed by atoms with van der Waals surface area (Å²) in [6, 6.07) is 0. The minimum atomic E-state index is -0.781. The molecule has 0 aliphatic rings. The van der Waals surface area contributed by atoms with Crippen molar-refractivity contribution < 1.29 is 19.2 Å². The standard InChI is InChI=1S/C24H48N2O3/c1-4-5-6-7-8-9-10-11-12-13-14-15-16-17-19-23(27)25-20-18-21-26(2,3)22-24(28)29/h4-22H2,1-3H3,(H-,25,27,28,29)/p+1. The second kappa shape index (κ2) is 18.9. The van der Waals surface area contributed by atoms with Crippen molar-refractivity contribution in [2.24, 2.45) is 0 Å². The third kappa shape index (κ3) is 21.4. The predicted octanol–water partition coefficient (Wildman–Crippen LogP) is 5.53. The zero-order valence-corrected chi connectivity index (χ0v) is 19.6. The molecule has 0 rings (SSSR count). The lowest BCUT2D eigenvalue weighted by Gasteiger charge is -2.27. The molecule has 5 heteroatoms. The van der Waals surface area contributed by atoms with Gasteiger partial charge in [-0.25, -0.2) is 4.79 Å². The first kappa shape index (κ1) is 27.9. The molecular weight excluding hydrogens is 364 g/mol. The minimum Gasteiger partial charge on any atom is -0.477 e. The molecule has 29 heavy (non-hydrogen) atoms. The van der Waals surface area contributed by atoms with Gasteiger partial charge in [-0.2, -0.15) is 0 Å². The van der Waals surface area contributed by atoms with E-state index in [9.17, 15) is 9.59 Å². The van der Waals surface area contributed by atoms with Crippen LogP contribution in [0.25, 0.3) is 0 Å². The SMILES string of the molecule is CCCCCCCCCCCCCCCCC(=O)NCCC[N+](C)(C)CC(=O)O. The van der Waals surface area contributed by atoms with E-state index in [-0.39, 0.29) is 12.5 Å². The summed E-state index contributed by atoms with van der Waals surface area (Å²) in [5.74, 6) is -0.649. The normalized spacial score (nSPS) is 11.6. The summed E-state index contributed by atoms with van der Waals surface area (Å²) in [7, 11) is 3.81. The second-order valence-corrected chi connectivity index (χ2v) is 9.26. The minimum absolute atomic E-state index is 0.118. The van der Waals surface area contributed by atoms with Crippen LogP contribution < -0.4 is 5.32 Å². The van der Waals surface area contributed by atoms with E-state index in [4.69, 9.17) is 5.11 Å². The van der Waals surface area contributed by atoms with Crippen molar-refractivity contribution in [3.8, 4) is 0 Å². The quantitative estimate of drug-likeness (QED) is 0.192. The van der Waals surface area contributed by atoms with Gasteiger partial charge in [-0.3, -0.25) is 4.79 Å². The summed E-state index contributed by atoms with van der Waals surface area (Å²) in [6.45, 7) is 3.78. The first-order valence-electron chi connectivity index (χ1n) is 12.2. The van der Waals surface area contributed by atoms with Gasteiger partial charge in [0, 0.05) is 19.4 Å². The van der Waals surface area contributed by atoms with Crippen LogP contribution >= 0.6 is 0 Å². The van der Waals surface area contributed by atoms with Crippen molar-refractivity contribution in [3.63, 3.8) is 0 Å². The molecule has 0 unspecified atom stereocenters. The zero-order chi connectivity index (χ0) is 21.8. The van der Waals surface area contributed by atoms with Gasteiger partial charge in [0.1, 0.15) is 0 Å². The molecule has 0 aliphatic carbocycles. The molecule has 2 N–H and O–H groups in total. The second-order valence-electron chi connectivity index (χ2n) is 9.26. The fourth-order valence-corrected chi connectivity index (χ4v) is 3.75. The Labute approximate surface area is 180 Å². The van der Waals surface area contributed by atoms with Gasteiger partial charge >= 0.3 is 5.97 Å². The average Bonchev–Trinajstić information content (AvgIpc) is 2.64. The number of carbonyl (C=O) groups is 2. The maximum absolute atomic E-state index is 11.9. The summed E-state index contributed by atoms with van der Waals surface area (Å²) >= 11 is 0. The van der Waals surface area contributed by atoms with Crippen molar-refractivity contribution in [2.75, 3.05) is 33.7 Å². The van der Waals surface area contributed by atoms with E-state index >= 15 is 0 Å². The Morgan fingerprint density at radius 3 is 1.62 bits per heavy atom. The molecule has 0 aromatic heterocycles. The van der Waals surface area contributed by atoms with Crippen LogP contribution in [0.4, 0.5) is 0 Å². The lowest BCUT2D eigenvalue weighted by atomic mass is 10.0. The van der Waals surface area contributed by atoms with Crippen molar-refractivity contribution in [1.82, 2.24) is 5.32 Å². The zero-order valence-electron chi connectivity index (χ0n) is 19.6. The summed E-state index contributed by atoms with van der Waals surface area (Å²) in [6.07, 6.45) is 20.0. The third-order valence-electron chi connectivity index (χ3n) is 5.58. The number of carboxylic acids is 1. The number of nitrogens with one attached hydrogen (secondary N) is 1. The predicted molar refractivity (Wildman–Crippen MR) is 122 cm³/mol. The first-order chi connectivity index (χ1) is 13.9. The highest BCUT2D eigenvalue weighted by Crippen LogP contribution is 2.13.